The molecule has 6 nitrogen and oxygen atoms in total. The molecule has 0 radical (unpaired) electrons. The zero-order valence-electron chi connectivity index (χ0n) is 12.2. The van der Waals surface area contributed by atoms with Gasteiger partial charge in [0.15, 0.2) is 0 Å². The number of benzene rings is 1. The van der Waals surface area contributed by atoms with Crippen molar-refractivity contribution in [1.29, 1.82) is 0 Å². The molecular weight excluding hydrogens is 352 g/mol. The molecule has 2 rings (SSSR count). The SMILES string of the molecule is Cn1c(=O)c2cc(CC(=O)O)ccc2n(CCCCBr)c1=O. The molecule has 1 aromatic heterocycles. The second-order valence-electron chi connectivity index (χ2n) is 5.12. The highest BCUT2D eigenvalue weighted by Crippen LogP contribution is 2.13. The van der Waals surface area contributed by atoms with Crippen LogP contribution in [0.15, 0.2) is 27.8 Å². The molecule has 0 aliphatic rings. The topological polar surface area (TPSA) is 81.3 Å². The monoisotopic (exact) mass is 368 g/mol. The first-order valence-corrected chi connectivity index (χ1v) is 8.08. The lowest BCUT2D eigenvalue weighted by Crippen LogP contribution is -2.38. The average molecular weight is 369 g/mol. The van der Waals surface area contributed by atoms with Crippen LogP contribution in [0.5, 0.6) is 0 Å². The van der Waals surface area contributed by atoms with Gasteiger partial charge in [-0.15, -0.1) is 0 Å². The summed E-state index contributed by atoms with van der Waals surface area (Å²) in [5, 5.41) is 10.1. The second kappa shape index (κ2) is 6.91. The molecule has 0 atom stereocenters. The van der Waals surface area contributed by atoms with Crippen molar-refractivity contribution >= 4 is 32.8 Å². The molecule has 22 heavy (non-hydrogen) atoms. The summed E-state index contributed by atoms with van der Waals surface area (Å²) in [5.74, 6) is -0.957. The number of nitrogens with zero attached hydrogens (tertiary/aromatic N) is 2. The Hall–Kier alpha value is -1.89. The van der Waals surface area contributed by atoms with Gasteiger partial charge in [0.1, 0.15) is 0 Å². The highest BCUT2D eigenvalue weighted by atomic mass is 79.9. The van der Waals surface area contributed by atoms with Crippen molar-refractivity contribution in [2.24, 2.45) is 7.05 Å². The molecule has 0 saturated heterocycles. The van der Waals surface area contributed by atoms with Crippen molar-refractivity contribution < 1.29 is 9.90 Å². The number of aliphatic carboxylic acids is 1. The molecule has 7 heteroatoms. The number of unbranched alkanes of at least 4 members (excludes halogenated alkanes) is 1. The van der Waals surface area contributed by atoms with Crippen LogP contribution in [0, 0.1) is 0 Å². The largest absolute Gasteiger partial charge is 0.481 e. The minimum absolute atomic E-state index is 0.151. The van der Waals surface area contributed by atoms with Crippen molar-refractivity contribution in [3.63, 3.8) is 0 Å². The molecular formula is C15H17BrN2O4. The average Bonchev–Trinajstić information content (AvgIpc) is 2.48. The molecule has 0 aliphatic heterocycles. The number of hydrogen-bond acceptors (Lipinski definition) is 3. The van der Waals surface area contributed by atoms with Gasteiger partial charge in [0, 0.05) is 18.9 Å². The lowest BCUT2D eigenvalue weighted by molar-refractivity contribution is -0.136. The van der Waals surface area contributed by atoms with E-state index in [9.17, 15) is 14.4 Å². The predicted molar refractivity (Wildman–Crippen MR) is 87.8 cm³/mol. The van der Waals surface area contributed by atoms with Gasteiger partial charge in [-0.25, -0.2) is 4.79 Å². The van der Waals surface area contributed by atoms with Crippen molar-refractivity contribution in [1.82, 2.24) is 9.13 Å². The maximum absolute atomic E-state index is 12.3. The van der Waals surface area contributed by atoms with Gasteiger partial charge in [-0.2, -0.15) is 0 Å². The summed E-state index contributed by atoms with van der Waals surface area (Å²) in [6.07, 6.45) is 1.59. The van der Waals surface area contributed by atoms with Crippen LogP contribution >= 0.6 is 15.9 Å². The Balaban J connectivity index is 2.61. The van der Waals surface area contributed by atoms with E-state index in [1.165, 1.54) is 7.05 Å². The third-order valence-corrected chi connectivity index (χ3v) is 4.09. The Morgan fingerprint density at radius 1 is 1.27 bits per heavy atom. The van der Waals surface area contributed by atoms with E-state index < -0.39 is 11.5 Å². The van der Waals surface area contributed by atoms with Gasteiger partial charge >= 0.3 is 11.7 Å². The van der Waals surface area contributed by atoms with Gasteiger partial charge in [-0.3, -0.25) is 18.7 Å². The number of fused-ring (bicyclic) bond motifs is 1. The third kappa shape index (κ3) is 3.30. The van der Waals surface area contributed by atoms with Gasteiger partial charge in [-0.05, 0) is 30.5 Å². The van der Waals surface area contributed by atoms with Gasteiger partial charge in [0.25, 0.3) is 5.56 Å². The first-order valence-electron chi connectivity index (χ1n) is 6.96. The van der Waals surface area contributed by atoms with Crippen LogP contribution in [0.4, 0.5) is 0 Å². The Bertz CT molecular complexity index is 823. The van der Waals surface area contributed by atoms with E-state index in [-0.39, 0.29) is 12.1 Å². The Morgan fingerprint density at radius 2 is 2.00 bits per heavy atom. The van der Waals surface area contributed by atoms with Crippen molar-refractivity contribution in [3.05, 3.63) is 44.6 Å². The number of carboxylic acids is 1. The summed E-state index contributed by atoms with van der Waals surface area (Å²) < 4.78 is 2.64. The molecule has 0 amide bonds. The molecule has 1 N–H and O–H groups in total. The van der Waals surface area contributed by atoms with Crippen LogP contribution in [0.3, 0.4) is 0 Å². The molecule has 0 bridgehead atoms. The lowest BCUT2D eigenvalue weighted by atomic mass is 10.1. The molecule has 0 unspecified atom stereocenters. The fourth-order valence-corrected chi connectivity index (χ4v) is 2.80. The van der Waals surface area contributed by atoms with Gasteiger partial charge in [-0.1, -0.05) is 22.0 Å². The summed E-state index contributed by atoms with van der Waals surface area (Å²) in [7, 11) is 1.44. The normalized spacial score (nSPS) is 11.0. The number of carboxylic acid groups (broad SMARTS) is 1. The molecule has 0 spiro atoms. The fourth-order valence-electron chi connectivity index (χ4n) is 2.41. The molecule has 0 saturated carbocycles. The van der Waals surface area contributed by atoms with Gasteiger partial charge < -0.3 is 5.11 Å². The Kier molecular flexibility index (Phi) is 5.18. The second-order valence-corrected chi connectivity index (χ2v) is 5.91. The summed E-state index contributed by atoms with van der Waals surface area (Å²) in [5.41, 5.74) is 0.349. The summed E-state index contributed by atoms with van der Waals surface area (Å²) in [6.45, 7) is 0.521. The minimum Gasteiger partial charge on any atom is -0.481 e. The molecule has 2 aromatic rings. The van der Waals surface area contributed by atoms with Crippen LogP contribution in [-0.4, -0.2) is 25.5 Å². The predicted octanol–water partition coefficient (Wildman–Crippen LogP) is 1.50. The van der Waals surface area contributed by atoms with Crippen molar-refractivity contribution in [3.8, 4) is 0 Å². The number of halogens is 1. The number of hydrogen-bond donors (Lipinski definition) is 1. The van der Waals surface area contributed by atoms with E-state index in [0.717, 1.165) is 22.7 Å². The lowest BCUT2D eigenvalue weighted by Gasteiger charge is -2.12. The summed E-state index contributed by atoms with van der Waals surface area (Å²) >= 11 is 3.35. The van der Waals surface area contributed by atoms with E-state index in [0.29, 0.717) is 23.0 Å². The highest BCUT2D eigenvalue weighted by molar-refractivity contribution is 9.09. The molecule has 1 heterocycles. The van der Waals surface area contributed by atoms with Crippen molar-refractivity contribution in [2.75, 3.05) is 5.33 Å². The maximum atomic E-state index is 12.3. The zero-order valence-corrected chi connectivity index (χ0v) is 13.8. The number of alkyl halides is 1. The highest BCUT2D eigenvalue weighted by Gasteiger charge is 2.12. The van der Waals surface area contributed by atoms with E-state index in [1.807, 2.05) is 0 Å². The molecule has 1 aromatic carbocycles. The Labute approximate surface area is 135 Å². The minimum atomic E-state index is -0.957. The zero-order chi connectivity index (χ0) is 16.3. The summed E-state index contributed by atoms with van der Waals surface area (Å²) in [6, 6.07) is 4.87. The quantitative estimate of drug-likeness (QED) is 0.618. The smallest absolute Gasteiger partial charge is 0.331 e. The number of aryl methyl sites for hydroxylation is 1. The Morgan fingerprint density at radius 3 is 2.64 bits per heavy atom. The van der Waals surface area contributed by atoms with Crippen LogP contribution in [0.2, 0.25) is 0 Å². The number of rotatable bonds is 6. The van der Waals surface area contributed by atoms with Crippen LogP contribution in [0.25, 0.3) is 10.9 Å². The summed E-state index contributed by atoms with van der Waals surface area (Å²) in [4.78, 5) is 35.4. The fraction of sp³-hybridized carbons (Fsp3) is 0.400. The molecule has 118 valence electrons. The van der Waals surface area contributed by atoms with E-state index in [2.05, 4.69) is 15.9 Å². The first kappa shape index (κ1) is 16.5. The maximum Gasteiger partial charge on any atom is 0.331 e. The number of aromatic nitrogens is 2. The van der Waals surface area contributed by atoms with E-state index in [1.54, 1.807) is 22.8 Å². The molecule has 0 fully saturated rings. The third-order valence-electron chi connectivity index (χ3n) is 3.53. The van der Waals surface area contributed by atoms with Crippen LogP contribution < -0.4 is 11.2 Å². The standard InChI is InChI=1S/C15H17BrN2O4/c1-17-14(21)11-8-10(9-13(19)20)4-5-12(11)18(15(17)22)7-3-2-6-16/h4-5,8H,2-3,6-7,9H2,1H3,(H,19,20). The first-order chi connectivity index (χ1) is 10.5. The van der Waals surface area contributed by atoms with Crippen LogP contribution in [0.1, 0.15) is 18.4 Å². The van der Waals surface area contributed by atoms with Gasteiger partial charge in [0.05, 0.1) is 17.3 Å². The van der Waals surface area contributed by atoms with Gasteiger partial charge in [0.2, 0.25) is 0 Å². The molecule has 0 aliphatic carbocycles. The number of carbonyl (C=O) groups is 1. The van der Waals surface area contributed by atoms with E-state index >= 15 is 0 Å². The van der Waals surface area contributed by atoms with Crippen molar-refractivity contribution in [2.45, 2.75) is 25.8 Å². The van der Waals surface area contributed by atoms with Crippen LogP contribution in [-0.2, 0) is 24.8 Å². The van der Waals surface area contributed by atoms with E-state index in [4.69, 9.17) is 5.11 Å².